The first-order chi connectivity index (χ1) is 7.69. The monoisotopic (exact) mass is 243 g/mol. The summed E-state index contributed by atoms with van der Waals surface area (Å²) in [6, 6.07) is 0. The molecule has 5 nitrogen and oxygen atoms in total. The van der Waals surface area contributed by atoms with Gasteiger partial charge in [0.1, 0.15) is 5.01 Å². The van der Waals surface area contributed by atoms with Crippen LogP contribution < -0.4 is 4.90 Å². The topological polar surface area (TPSA) is 47.5 Å². The van der Waals surface area contributed by atoms with E-state index in [1.165, 1.54) is 0 Å². The van der Waals surface area contributed by atoms with E-state index in [2.05, 4.69) is 22.0 Å². The summed E-state index contributed by atoms with van der Waals surface area (Å²) in [4.78, 5) is 2.22. The van der Waals surface area contributed by atoms with Gasteiger partial charge in [-0.05, 0) is 13.8 Å². The van der Waals surface area contributed by atoms with Crippen LogP contribution in [0.3, 0.4) is 0 Å². The van der Waals surface area contributed by atoms with Gasteiger partial charge in [0.25, 0.3) is 0 Å². The van der Waals surface area contributed by atoms with Gasteiger partial charge in [-0.15, -0.1) is 10.2 Å². The predicted molar refractivity (Wildman–Crippen MR) is 63.1 cm³/mol. The lowest BCUT2D eigenvalue weighted by molar-refractivity contribution is -0.0511. The van der Waals surface area contributed by atoms with Gasteiger partial charge in [0.2, 0.25) is 5.13 Å². The molecule has 1 aliphatic rings. The van der Waals surface area contributed by atoms with Gasteiger partial charge in [-0.3, -0.25) is 0 Å². The zero-order chi connectivity index (χ0) is 11.5. The van der Waals surface area contributed by atoms with E-state index in [0.717, 1.165) is 23.2 Å². The number of nitrogens with zero attached hydrogens (tertiary/aromatic N) is 3. The second-order valence-corrected chi connectivity index (χ2v) is 5.19. The van der Waals surface area contributed by atoms with Crippen molar-refractivity contribution in [2.45, 2.75) is 26.1 Å². The Kier molecular flexibility index (Phi) is 3.73. The molecule has 2 heterocycles. The molecule has 0 spiro atoms. The van der Waals surface area contributed by atoms with Crippen molar-refractivity contribution >= 4 is 16.5 Å². The lowest BCUT2D eigenvalue weighted by atomic mass is 10.2. The van der Waals surface area contributed by atoms with Gasteiger partial charge in [-0.1, -0.05) is 11.3 Å². The summed E-state index contributed by atoms with van der Waals surface area (Å²) in [5, 5.41) is 10.2. The van der Waals surface area contributed by atoms with Gasteiger partial charge >= 0.3 is 0 Å². The number of ether oxygens (including phenoxy) is 2. The molecule has 6 heteroatoms. The normalized spacial score (nSPS) is 26.1. The summed E-state index contributed by atoms with van der Waals surface area (Å²) in [6.07, 6.45) is 0.330. The van der Waals surface area contributed by atoms with E-state index >= 15 is 0 Å². The highest BCUT2D eigenvalue weighted by Gasteiger charge is 2.27. The third kappa shape index (κ3) is 2.69. The molecule has 1 aliphatic heterocycles. The van der Waals surface area contributed by atoms with Crippen molar-refractivity contribution in [3.8, 4) is 0 Å². The maximum atomic E-state index is 5.77. The number of anilines is 1. The Morgan fingerprint density at radius 2 is 2.31 bits per heavy atom. The van der Waals surface area contributed by atoms with Crippen molar-refractivity contribution < 1.29 is 9.47 Å². The zero-order valence-electron chi connectivity index (χ0n) is 9.84. The Morgan fingerprint density at radius 1 is 1.50 bits per heavy atom. The van der Waals surface area contributed by atoms with Crippen molar-refractivity contribution in [2.24, 2.45) is 0 Å². The Hall–Kier alpha value is -0.720. The van der Waals surface area contributed by atoms with E-state index in [1.807, 2.05) is 6.92 Å². The summed E-state index contributed by atoms with van der Waals surface area (Å²) >= 11 is 1.62. The van der Waals surface area contributed by atoms with Crippen LogP contribution in [0.15, 0.2) is 0 Å². The molecule has 0 amide bonds. The van der Waals surface area contributed by atoms with Gasteiger partial charge in [0.15, 0.2) is 0 Å². The molecular weight excluding hydrogens is 226 g/mol. The molecule has 0 radical (unpaired) electrons. The number of hydrogen-bond donors (Lipinski definition) is 0. The summed E-state index contributed by atoms with van der Waals surface area (Å²) < 4.78 is 10.9. The minimum Gasteiger partial charge on any atom is -0.382 e. The van der Waals surface area contributed by atoms with Gasteiger partial charge < -0.3 is 14.4 Å². The highest BCUT2D eigenvalue weighted by molar-refractivity contribution is 7.15. The Balaban J connectivity index is 2.04. The van der Waals surface area contributed by atoms with Crippen LogP contribution in [0.4, 0.5) is 5.13 Å². The molecule has 0 saturated carbocycles. The molecule has 1 aromatic heterocycles. The summed E-state index contributed by atoms with van der Waals surface area (Å²) in [7, 11) is 1.70. The fourth-order valence-electron chi connectivity index (χ4n) is 1.89. The second kappa shape index (κ2) is 5.07. The first kappa shape index (κ1) is 11.8. The molecule has 0 aliphatic carbocycles. The van der Waals surface area contributed by atoms with Crippen molar-refractivity contribution in [3.63, 3.8) is 0 Å². The van der Waals surface area contributed by atoms with Gasteiger partial charge in [0.05, 0.1) is 18.8 Å². The summed E-state index contributed by atoms with van der Waals surface area (Å²) in [6.45, 7) is 6.36. The smallest absolute Gasteiger partial charge is 0.208 e. The Morgan fingerprint density at radius 3 is 2.94 bits per heavy atom. The molecule has 2 atom stereocenters. The van der Waals surface area contributed by atoms with Gasteiger partial charge in [0, 0.05) is 20.2 Å². The van der Waals surface area contributed by atoms with E-state index in [9.17, 15) is 0 Å². The number of aryl methyl sites for hydroxylation is 1. The molecule has 2 unspecified atom stereocenters. The van der Waals surface area contributed by atoms with Crippen LogP contribution in [0.25, 0.3) is 0 Å². The first-order valence-corrected chi connectivity index (χ1v) is 6.20. The standard InChI is InChI=1S/C10H17N3O2S/c1-7-4-13(5-9(15-7)6-14-3)10-12-11-8(2)16-10/h7,9H,4-6H2,1-3H3. The molecule has 1 fully saturated rings. The third-order valence-electron chi connectivity index (χ3n) is 2.46. The van der Waals surface area contributed by atoms with E-state index in [0.29, 0.717) is 6.61 Å². The largest absolute Gasteiger partial charge is 0.382 e. The fraction of sp³-hybridized carbons (Fsp3) is 0.800. The lowest BCUT2D eigenvalue weighted by Gasteiger charge is -2.36. The highest BCUT2D eigenvalue weighted by Crippen LogP contribution is 2.23. The number of morpholine rings is 1. The van der Waals surface area contributed by atoms with E-state index in [1.54, 1.807) is 18.4 Å². The highest BCUT2D eigenvalue weighted by atomic mass is 32.1. The van der Waals surface area contributed by atoms with E-state index < -0.39 is 0 Å². The van der Waals surface area contributed by atoms with Crippen LogP contribution in [0.5, 0.6) is 0 Å². The maximum absolute atomic E-state index is 5.77. The van der Waals surface area contributed by atoms with Crippen LogP contribution in [0.1, 0.15) is 11.9 Å². The zero-order valence-corrected chi connectivity index (χ0v) is 10.7. The minimum atomic E-state index is 0.123. The summed E-state index contributed by atoms with van der Waals surface area (Å²) in [5.74, 6) is 0. The van der Waals surface area contributed by atoms with Gasteiger partial charge in [-0.2, -0.15) is 0 Å². The summed E-state index contributed by atoms with van der Waals surface area (Å²) in [5.41, 5.74) is 0. The third-order valence-corrected chi connectivity index (χ3v) is 3.36. The number of rotatable bonds is 3. The van der Waals surface area contributed by atoms with Crippen LogP contribution in [-0.4, -0.2) is 49.2 Å². The minimum absolute atomic E-state index is 0.123. The van der Waals surface area contributed by atoms with Crippen molar-refractivity contribution in [1.82, 2.24) is 10.2 Å². The lowest BCUT2D eigenvalue weighted by Crippen LogP contribution is -2.48. The molecular formula is C10H17N3O2S. The number of methoxy groups -OCH3 is 1. The molecule has 16 heavy (non-hydrogen) atoms. The molecule has 2 rings (SSSR count). The number of hydrogen-bond acceptors (Lipinski definition) is 6. The molecule has 90 valence electrons. The predicted octanol–water partition coefficient (Wildman–Crippen LogP) is 1.09. The van der Waals surface area contributed by atoms with Crippen LogP contribution in [-0.2, 0) is 9.47 Å². The molecule has 0 bridgehead atoms. The molecule has 1 aromatic rings. The van der Waals surface area contributed by atoms with E-state index in [-0.39, 0.29) is 12.2 Å². The van der Waals surface area contributed by atoms with Gasteiger partial charge in [-0.25, -0.2) is 0 Å². The average Bonchev–Trinajstić information content (AvgIpc) is 2.64. The fourth-order valence-corrected chi connectivity index (χ4v) is 2.60. The van der Waals surface area contributed by atoms with E-state index in [4.69, 9.17) is 9.47 Å². The van der Waals surface area contributed by atoms with Crippen LogP contribution in [0.2, 0.25) is 0 Å². The quantitative estimate of drug-likeness (QED) is 0.795. The Labute approximate surface area is 99.4 Å². The second-order valence-electron chi connectivity index (χ2n) is 4.03. The average molecular weight is 243 g/mol. The van der Waals surface area contributed by atoms with Crippen LogP contribution in [0, 0.1) is 6.92 Å². The Bertz CT molecular complexity index is 345. The SMILES string of the molecule is COCC1CN(c2nnc(C)s2)CC(C)O1. The molecule has 0 N–H and O–H groups in total. The van der Waals surface area contributed by atoms with Crippen LogP contribution >= 0.6 is 11.3 Å². The van der Waals surface area contributed by atoms with Crippen molar-refractivity contribution in [3.05, 3.63) is 5.01 Å². The van der Waals surface area contributed by atoms with Crippen molar-refractivity contribution in [1.29, 1.82) is 0 Å². The molecule has 0 aromatic carbocycles. The number of aromatic nitrogens is 2. The van der Waals surface area contributed by atoms with Crippen molar-refractivity contribution in [2.75, 3.05) is 31.7 Å². The maximum Gasteiger partial charge on any atom is 0.208 e. The first-order valence-electron chi connectivity index (χ1n) is 5.38. The molecule has 1 saturated heterocycles.